The molecule has 28 heavy (non-hydrogen) atoms. The molecule has 1 N–H and O–H groups in total. The molecule has 3 heterocycles. The summed E-state index contributed by atoms with van der Waals surface area (Å²) < 4.78 is 34.8. The average Bonchev–Trinajstić information content (AvgIpc) is 3.26. The molecule has 2 unspecified atom stereocenters. The Bertz CT molecular complexity index is 891. The van der Waals surface area contributed by atoms with Crippen LogP contribution in [0.3, 0.4) is 0 Å². The second-order valence-corrected chi connectivity index (χ2v) is 8.56. The summed E-state index contributed by atoms with van der Waals surface area (Å²) in [7, 11) is 0. The number of alkyl halides is 2. The Balaban J connectivity index is 1.59. The summed E-state index contributed by atoms with van der Waals surface area (Å²) in [5.74, 6) is -2.86. The van der Waals surface area contributed by atoms with Gasteiger partial charge in [-0.15, -0.1) is 0 Å². The second kappa shape index (κ2) is 7.39. The monoisotopic (exact) mass is 411 g/mol. The van der Waals surface area contributed by atoms with Crippen LogP contribution in [0.2, 0.25) is 5.02 Å². The van der Waals surface area contributed by atoms with Gasteiger partial charge in [0.1, 0.15) is 0 Å². The van der Waals surface area contributed by atoms with Crippen molar-refractivity contribution in [3.05, 3.63) is 40.7 Å². The quantitative estimate of drug-likeness (QED) is 0.704. The van der Waals surface area contributed by atoms with Crippen LogP contribution in [0.25, 0.3) is 5.52 Å². The maximum atomic E-state index is 13.7. The first kappa shape index (κ1) is 19.8. The number of carbonyl (C=O) groups excluding carboxylic acids is 1. The standard InChI is InChI=1S/C21H24ClF2NO3/c22-16-3-1-9-25-17(14-5-10-28-12-14)11-15(19(16)25)18(26)4-8-20(27)6-2-7-21(23,24)13-20/h1,3,9,11,14,27H,2,4-8,10,12-13H2. The van der Waals surface area contributed by atoms with Crippen molar-refractivity contribution in [1.29, 1.82) is 0 Å². The number of ketones is 1. The topological polar surface area (TPSA) is 50.9 Å². The molecule has 2 aliphatic rings. The Kier molecular flexibility index (Phi) is 5.23. The number of nitrogens with zero attached hydrogens (tertiary/aromatic N) is 1. The van der Waals surface area contributed by atoms with Crippen LogP contribution in [0, 0.1) is 0 Å². The third-order valence-electron chi connectivity index (χ3n) is 6.01. The first-order valence-electron chi connectivity index (χ1n) is 9.79. The van der Waals surface area contributed by atoms with Crippen molar-refractivity contribution < 1.29 is 23.4 Å². The van der Waals surface area contributed by atoms with Crippen molar-refractivity contribution in [2.75, 3.05) is 13.2 Å². The van der Waals surface area contributed by atoms with E-state index in [9.17, 15) is 18.7 Å². The lowest BCUT2D eigenvalue weighted by atomic mass is 9.79. The molecule has 0 aromatic carbocycles. The molecule has 2 atom stereocenters. The van der Waals surface area contributed by atoms with Gasteiger partial charge in [-0.05, 0) is 43.9 Å². The fraction of sp³-hybridized carbons (Fsp3) is 0.571. The minimum absolute atomic E-state index is 0.0120. The number of hydrogen-bond donors (Lipinski definition) is 1. The number of carbonyl (C=O) groups is 1. The number of aliphatic hydroxyl groups is 1. The van der Waals surface area contributed by atoms with E-state index < -0.39 is 17.9 Å². The highest BCUT2D eigenvalue weighted by Crippen LogP contribution is 2.42. The molecule has 1 saturated heterocycles. The van der Waals surface area contributed by atoms with Gasteiger partial charge in [0.15, 0.2) is 5.78 Å². The van der Waals surface area contributed by atoms with Crippen molar-refractivity contribution in [2.24, 2.45) is 0 Å². The molecule has 152 valence electrons. The number of aromatic nitrogens is 1. The molecular weight excluding hydrogens is 388 g/mol. The third kappa shape index (κ3) is 3.82. The van der Waals surface area contributed by atoms with E-state index in [0.29, 0.717) is 35.7 Å². The van der Waals surface area contributed by atoms with Crippen LogP contribution in [0.5, 0.6) is 0 Å². The van der Waals surface area contributed by atoms with E-state index >= 15 is 0 Å². The van der Waals surface area contributed by atoms with Crippen LogP contribution < -0.4 is 0 Å². The number of ether oxygens (including phenoxy) is 1. The molecular formula is C21H24ClF2NO3. The molecule has 0 spiro atoms. The molecule has 0 bridgehead atoms. The maximum Gasteiger partial charge on any atom is 0.250 e. The SMILES string of the molecule is O=C(CCC1(O)CCCC(F)(F)C1)c1cc(C2CCOC2)n2cccc(Cl)c12. The molecule has 2 aromatic heterocycles. The lowest BCUT2D eigenvalue weighted by Gasteiger charge is -2.36. The number of fused-ring (bicyclic) bond motifs is 1. The Labute approximate surface area is 167 Å². The summed E-state index contributed by atoms with van der Waals surface area (Å²) in [4.78, 5) is 13.0. The number of Topliss-reactive ketones (excluding diaryl/α,β-unsaturated/α-hetero) is 1. The van der Waals surface area contributed by atoms with Crippen LogP contribution in [0.1, 0.15) is 66.9 Å². The molecule has 0 radical (unpaired) electrons. The molecule has 4 nitrogen and oxygen atoms in total. The van der Waals surface area contributed by atoms with Gasteiger partial charge in [-0.2, -0.15) is 0 Å². The first-order chi connectivity index (χ1) is 13.3. The Morgan fingerprint density at radius 3 is 2.93 bits per heavy atom. The van der Waals surface area contributed by atoms with Gasteiger partial charge in [0, 0.05) is 49.2 Å². The smallest absolute Gasteiger partial charge is 0.250 e. The van der Waals surface area contributed by atoms with Crippen molar-refractivity contribution in [3.8, 4) is 0 Å². The van der Waals surface area contributed by atoms with Gasteiger partial charge in [0.05, 0.1) is 22.7 Å². The summed E-state index contributed by atoms with van der Waals surface area (Å²) in [5.41, 5.74) is 0.607. The van der Waals surface area contributed by atoms with Crippen LogP contribution in [0.4, 0.5) is 8.78 Å². The summed E-state index contributed by atoms with van der Waals surface area (Å²) in [6.07, 6.45) is 2.60. The molecule has 1 aliphatic heterocycles. The minimum Gasteiger partial charge on any atom is -0.390 e. The van der Waals surface area contributed by atoms with E-state index in [4.69, 9.17) is 16.3 Å². The molecule has 7 heteroatoms. The molecule has 1 aliphatic carbocycles. The minimum atomic E-state index is -2.86. The van der Waals surface area contributed by atoms with Gasteiger partial charge >= 0.3 is 0 Å². The zero-order valence-corrected chi connectivity index (χ0v) is 16.4. The first-order valence-corrected chi connectivity index (χ1v) is 10.2. The van der Waals surface area contributed by atoms with Crippen LogP contribution in [0.15, 0.2) is 24.4 Å². The van der Waals surface area contributed by atoms with E-state index in [2.05, 4.69) is 0 Å². The van der Waals surface area contributed by atoms with Crippen molar-refractivity contribution in [1.82, 2.24) is 4.40 Å². The van der Waals surface area contributed by atoms with E-state index in [1.807, 2.05) is 22.7 Å². The van der Waals surface area contributed by atoms with Gasteiger partial charge in [-0.3, -0.25) is 4.79 Å². The van der Waals surface area contributed by atoms with Crippen molar-refractivity contribution in [3.63, 3.8) is 0 Å². The predicted molar refractivity (Wildman–Crippen MR) is 103 cm³/mol. The molecule has 4 rings (SSSR count). The lowest BCUT2D eigenvalue weighted by Crippen LogP contribution is -2.41. The highest BCUT2D eigenvalue weighted by atomic mass is 35.5. The number of rotatable bonds is 5. The number of halogens is 3. The van der Waals surface area contributed by atoms with Gasteiger partial charge in [-0.25, -0.2) is 8.78 Å². The van der Waals surface area contributed by atoms with Gasteiger partial charge in [-0.1, -0.05) is 11.6 Å². The van der Waals surface area contributed by atoms with E-state index in [0.717, 1.165) is 12.1 Å². The number of pyridine rings is 1. The highest BCUT2D eigenvalue weighted by Gasteiger charge is 2.44. The Hall–Kier alpha value is -1.50. The predicted octanol–water partition coefficient (Wildman–Crippen LogP) is 5.00. The molecule has 2 fully saturated rings. The maximum absolute atomic E-state index is 13.7. The molecule has 2 aromatic rings. The van der Waals surface area contributed by atoms with Crippen LogP contribution in [-0.4, -0.2) is 40.0 Å². The highest BCUT2D eigenvalue weighted by molar-refractivity contribution is 6.35. The molecule has 1 saturated carbocycles. The van der Waals surface area contributed by atoms with Gasteiger partial charge < -0.3 is 14.2 Å². The summed E-state index contributed by atoms with van der Waals surface area (Å²) in [6.45, 7) is 1.28. The normalized spacial score (nSPS) is 27.4. The largest absolute Gasteiger partial charge is 0.390 e. The van der Waals surface area contributed by atoms with Crippen molar-refractivity contribution >= 4 is 22.9 Å². The van der Waals surface area contributed by atoms with E-state index in [1.165, 1.54) is 0 Å². The van der Waals surface area contributed by atoms with Gasteiger partial charge in [0.2, 0.25) is 0 Å². The Morgan fingerprint density at radius 2 is 2.21 bits per heavy atom. The number of hydrogen-bond acceptors (Lipinski definition) is 3. The fourth-order valence-electron chi connectivity index (χ4n) is 4.56. The summed E-state index contributed by atoms with van der Waals surface area (Å²) in [6, 6.07) is 5.41. The van der Waals surface area contributed by atoms with Crippen molar-refractivity contribution in [2.45, 2.75) is 62.4 Å². The van der Waals surface area contributed by atoms with Gasteiger partial charge in [0.25, 0.3) is 5.92 Å². The third-order valence-corrected chi connectivity index (χ3v) is 6.31. The fourth-order valence-corrected chi connectivity index (χ4v) is 4.83. The summed E-state index contributed by atoms with van der Waals surface area (Å²) >= 11 is 6.39. The second-order valence-electron chi connectivity index (χ2n) is 8.15. The zero-order valence-electron chi connectivity index (χ0n) is 15.6. The average molecular weight is 412 g/mol. The van der Waals surface area contributed by atoms with Crippen LogP contribution in [-0.2, 0) is 4.74 Å². The zero-order chi connectivity index (χ0) is 19.9. The Morgan fingerprint density at radius 1 is 1.39 bits per heavy atom. The van der Waals surface area contributed by atoms with E-state index in [-0.39, 0.29) is 37.4 Å². The van der Waals surface area contributed by atoms with E-state index in [1.54, 1.807) is 6.07 Å². The summed E-state index contributed by atoms with van der Waals surface area (Å²) in [5, 5.41) is 11.0. The van der Waals surface area contributed by atoms with Crippen LogP contribution >= 0.6 is 11.6 Å². The lowest BCUT2D eigenvalue weighted by molar-refractivity contribution is -0.126. The molecule has 0 amide bonds.